The SMILES string of the molecule is COc1ccc(CC(=O)NCC(c2ccco2)N2CCCCCC2)cc1. The second-order valence-corrected chi connectivity index (χ2v) is 6.81. The Labute approximate surface area is 155 Å². The molecular weight excluding hydrogens is 328 g/mol. The van der Waals surface area contributed by atoms with Gasteiger partial charge in [0.1, 0.15) is 11.5 Å². The first kappa shape index (κ1) is 18.5. The van der Waals surface area contributed by atoms with Crippen molar-refractivity contribution in [2.75, 3.05) is 26.7 Å². The molecule has 1 atom stereocenters. The molecular formula is C21H28N2O3. The zero-order valence-corrected chi connectivity index (χ0v) is 15.4. The maximum absolute atomic E-state index is 12.4. The summed E-state index contributed by atoms with van der Waals surface area (Å²) in [6.07, 6.45) is 7.05. The van der Waals surface area contributed by atoms with Gasteiger partial charge in [0, 0.05) is 6.54 Å². The molecule has 0 bridgehead atoms. The van der Waals surface area contributed by atoms with Gasteiger partial charge in [0.15, 0.2) is 0 Å². The second kappa shape index (κ2) is 9.43. The van der Waals surface area contributed by atoms with E-state index < -0.39 is 0 Å². The van der Waals surface area contributed by atoms with Crippen molar-refractivity contribution in [1.82, 2.24) is 10.2 Å². The molecule has 0 saturated carbocycles. The second-order valence-electron chi connectivity index (χ2n) is 6.81. The molecule has 1 amide bonds. The summed E-state index contributed by atoms with van der Waals surface area (Å²) < 4.78 is 10.8. The number of carbonyl (C=O) groups is 1. The molecule has 5 nitrogen and oxygen atoms in total. The van der Waals surface area contributed by atoms with Crippen LogP contribution in [0, 0.1) is 0 Å². The van der Waals surface area contributed by atoms with Crippen LogP contribution in [0.2, 0.25) is 0 Å². The molecule has 1 unspecified atom stereocenters. The van der Waals surface area contributed by atoms with Crippen LogP contribution in [-0.2, 0) is 11.2 Å². The van der Waals surface area contributed by atoms with Gasteiger partial charge >= 0.3 is 0 Å². The lowest BCUT2D eigenvalue weighted by molar-refractivity contribution is -0.120. The van der Waals surface area contributed by atoms with Gasteiger partial charge in [0.25, 0.3) is 0 Å². The van der Waals surface area contributed by atoms with Crippen molar-refractivity contribution in [3.8, 4) is 5.75 Å². The third-order valence-corrected chi connectivity index (χ3v) is 4.97. The number of furan rings is 1. The number of ether oxygens (including phenoxy) is 1. The highest BCUT2D eigenvalue weighted by atomic mass is 16.5. The Morgan fingerprint density at radius 3 is 2.50 bits per heavy atom. The molecule has 26 heavy (non-hydrogen) atoms. The maximum Gasteiger partial charge on any atom is 0.224 e. The summed E-state index contributed by atoms with van der Waals surface area (Å²) in [5.74, 6) is 1.76. The molecule has 1 aliphatic rings. The van der Waals surface area contributed by atoms with Crippen molar-refractivity contribution in [1.29, 1.82) is 0 Å². The zero-order chi connectivity index (χ0) is 18.2. The topological polar surface area (TPSA) is 54.7 Å². The molecule has 2 aromatic rings. The first-order valence-corrected chi connectivity index (χ1v) is 9.43. The fourth-order valence-electron chi connectivity index (χ4n) is 3.50. The molecule has 140 valence electrons. The third kappa shape index (κ3) is 5.11. The molecule has 1 aliphatic heterocycles. The van der Waals surface area contributed by atoms with Crippen molar-refractivity contribution < 1.29 is 13.9 Å². The van der Waals surface area contributed by atoms with Crippen molar-refractivity contribution in [3.05, 3.63) is 54.0 Å². The van der Waals surface area contributed by atoms with Crippen LogP contribution in [0.5, 0.6) is 5.75 Å². The van der Waals surface area contributed by atoms with Crippen LogP contribution in [0.15, 0.2) is 47.1 Å². The van der Waals surface area contributed by atoms with Gasteiger partial charge in [-0.1, -0.05) is 25.0 Å². The van der Waals surface area contributed by atoms with Crippen molar-refractivity contribution in [2.45, 2.75) is 38.1 Å². The van der Waals surface area contributed by atoms with Crippen LogP contribution in [0.1, 0.15) is 43.0 Å². The van der Waals surface area contributed by atoms with Crippen LogP contribution in [0.4, 0.5) is 0 Å². The molecule has 1 fully saturated rings. The lowest BCUT2D eigenvalue weighted by atomic mass is 10.1. The summed E-state index contributed by atoms with van der Waals surface area (Å²) in [6.45, 7) is 2.68. The van der Waals surface area contributed by atoms with E-state index in [-0.39, 0.29) is 11.9 Å². The number of amides is 1. The minimum Gasteiger partial charge on any atom is -0.497 e. The average Bonchev–Trinajstić information content (AvgIpc) is 3.05. The summed E-state index contributed by atoms with van der Waals surface area (Å²) in [6, 6.07) is 11.6. The smallest absolute Gasteiger partial charge is 0.224 e. The van der Waals surface area contributed by atoms with Crippen LogP contribution >= 0.6 is 0 Å². The molecule has 1 aromatic heterocycles. The number of likely N-dealkylation sites (tertiary alicyclic amines) is 1. The number of hydrogen-bond acceptors (Lipinski definition) is 4. The Morgan fingerprint density at radius 1 is 1.15 bits per heavy atom. The molecule has 5 heteroatoms. The van der Waals surface area contributed by atoms with E-state index in [1.165, 1.54) is 25.7 Å². The fraction of sp³-hybridized carbons (Fsp3) is 0.476. The number of rotatable bonds is 7. The Hall–Kier alpha value is -2.27. The van der Waals surface area contributed by atoms with Crippen molar-refractivity contribution >= 4 is 5.91 Å². The third-order valence-electron chi connectivity index (χ3n) is 4.97. The van der Waals surface area contributed by atoms with E-state index in [0.29, 0.717) is 13.0 Å². The van der Waals surface area contributed by atoms with Crippen LogP contribution in [-0.4, -0.2) is 37.6 Å². The predicted octanol–water partition coefficient (Wildman–Crippen LogP) is 3.56. The molecule has 1 aromatic carbocycles. The van der Waals surface area contributed by atoms with Gasteiger partial charge < -0.3 is 14.5 Å². The largest absolute Gasteiger partial charge is 0.497 e. The quantitative estimate of drug-likeness (QED) is 0.824. The summed E-state index contributed by atoms with van der Waals surface area (Å²) >= 11 is 0. The van der Waals surface area contributed by atoms with Gasteiger partial charge in [-0.15, -0.1) is 0 Å². The Bertz CT molecular complexity index is 659. The maximum atomic E-state index is 12.4. The standard InChI is InChI=1S/C21H28N2O3/c1-25-18-10-8-17(9-11-18)15-21(24)22-16-19(20-7-6-14-26-20)23-12-4-2-3-5-13-23/h6-11,14,19H,2-5,12-13,15-16H2,1H3,(H,22,24). The summed E-state index contributed by atoms with van der Waals surface area (Å²) in [7, 11) is 1.64. The summed E-state index contributed by atoms with van der Waals surface area (Å²) in [5.41, 5.74) is 0.979. The van der Waals surface area contributed by atoms with Gasteiger partial charge in [-0.3, -0.25) is 9.69 Å². The minimum atomic E-state index is 0.0292. The van der Waals surface area contributed by atoms with Crippen molar-refractivity contribution in [3.63, 3.8) is 0 Å². The minimum absolute atomic E-state index is 0.0292. The Kier molecular flexibility index (Phi) is 6.72. The van der Waals surface area contributed by atoms with E-state index in [0.717, 1.165) is 30.2 Å². The van der Waals surface area contributed by atoms with Gasteiger partial charge in [-0.05, 0) is 55.8 Å². The lowest BCUT2D eigenvalue weighted by Crippen LogP contribution is -2.39. The molecule has 1 N–H and O–H groups in total. The van der Waals surface area contributed by atoms with E-state index >= 15 is 0 Å². The number of hydrogen-bond donors (Lipinski definition) is 1. The van der Waals surface area contributed by atoms with Gasteiger partial charge in [0.2, 0.25) is 5.91 Å². The van der Waals surface area contributed by atoms with E-state index in [1.54, 1.807) is 13.4 Å². The monoisotopic (exact) mass is 356 g/mol. The van der Waals surface area contributed by atoms with E-state index in [1.807, 2.05) is 36.4 Å². The normalized spacial score (nSPS) is 16.7. The number of methoxy groups -OCH3 is 1. The highest BCUT2D eigenvalue weighted by Gasteiger charge is 2.24. The predicted molar refractivity (Wildman–Crippen MR) is 101 cm³/mol. The van der Waals surface area contributed by atoms with E-state index in [2.05, 4.69) is 10.2 Å². The number of benzene rings is 1. The highest BCUT2D eigenvalue weighted by Crippen LogP contribution is 2.24. The van der Waals surface area contributed by atoms with Crippen LogP contribution in [0.25, 0.3) is 0 Å². The number of carbonyl (C=O) groups excluding carboxylic acids is 1. The molecule has 2 heterocycles. The first-order valence-electron chi connectivity index (χ1n) is 9.43. The zero-order valence-electron chi connectivity index (χ0n) is 15.4. The average molecular weight is 356 g/mol. The van der Waals surface area contributed by atoms with E-state index in [9.17, 15) is 4.79 Å². The Balaban J connectivity index is 1.58. The van der Waals surface area contributed by atoms with Gasteiger partial charge in [-0.2, -0.15) is 0 Å². The highest BCUT2D eigenvalue weighted by molar-refractivity contribution is 5.78. The van der Waals surface area contributed by atoms with Crippen LogP contribution < -0.4 is 10.1 Å². The molecule has 0 aliphatic carbocycles. The lowest BCUT2D eigenvalue weighted by Gasteiger charge is -2.29. The van der Waals surface area contributed by atoms with E-state index in [4.69, 9.17) is 9.15 Å². The molecule has 0 radical (unpaired) electrons. The fourth-order valence-corrected chi connectivity index (χ4v) is 3.50. The molecule has 3 rings (SSSR count). The number of nitrogens with zero attached hydrogens (tertiary/aromatic N) is 1. The van der Waals surface area contributed by atoms with Crippen LogP contribution in [0.3, 0.4) is 0 Å². The number of nitrogens with one attached hydrogen (secondary N) is 1. The van der Waals surface area contributed by atoms with Gasteiger partial charge in [-0.25, -0.2) is 0 Å². The Morgan fingerprint density at radius 2 is 1.88 bits per heavy atom. The summed E-state index contributed by atoms with van der Waals surface area (Å²) in [5, 5.41) is 3.09. The molecule has 1 saturated heterocycles. The van der Waals surface area contributed by atoms with Gasteiger partial charge in [0.05, 0.1) is 25.8 Å². The molecule has 0 spiro atoms. The summed E-state index contributed by atoms with van der Waals surface area (Å²) in [4.78, 5) is 14.8. The van der Waals surface area contributed by atoms with Crippen molar-refractivity contribution in [2.24, 2.45) is 0 Å². The first-order chi connectivity index (χ1) is 12.8.